The molecule has 2 aromatic carbocycles. The van der Waals surface area contributed by atoms with E-state index in [0.29, 0.717) is 12.3 Å². The number of phenols is 1. The van der Waals surface area contributed by atoms with Gasteiger partial charge in [-0.2, -0.15) is 0 Å². The molecule has 2 aliphatic rings. The van der Waals surface area contributed by atoms with Crippen molar-refractivity contribution in [2.75, 3.05) is 6.61 Å². The van der Waals surface area contributed by atoms with Gasteiger partial charge >= 0.3 is 0 Å². The van der Waals surface area contributed by atoms with Crippen LogP contribution in [0.5, 0.6) is 5.75 Å². The number of hydrogen-bond donors (Lipinski definition) is 5. The van der Waals surface area contributed by atoms with Gasteiger partial charge < -0.3 is 25.5 Å². The van der Waals surface area contributed by atoms with Gasteiger partial charge in [-0.05, 0) is 66.0 Å². The average Bonchev–Trinajstić information content (AvgIpc) is 3.53. The molecule has 2 aromatic rings. The Kier molecular flexibility index (Phi) is 5.43. The molecule has 4 rings (SSSR count). The second-order valence-electron chi connectivity index (χ2n) is 8.33. The first-order valence-corrected chi connectivity index (χ1v) is 10.0. The van der Waals surface area contributed by atoms with Gasteiger partial charge in [0.1, 0.15) is 11.9 Å². The summed E-state index contributed by atoms with van der Waals surface area (Å²) < 4.78 is 0. The third kappa shape index (κ3) is 3.80. The standard InChI is InChI=1S/C23H28O5/c24-12-17-11-20(22(27)23(28)21(17)26)15-5-8-19(14-3-4-14)16(10-15)9-13-1-6-18(25)7-2-13/h1-2,5-8,10,14,17,20-28H,3-4,9,11-12H2/t17-,20+,21-,22+,23+/m1/s1. The van der Waals surface area contributed by atoms with Crippen molar-refractivity contribution in [3.63, 3.8) is 0 Å². The van der Waals surface area contributed by atoms with E-state index in [1.165, 1.54) is 24.0 Å². The van der Waals surface area contributed by atoms with E-state index in [9.17, 15) is 25.5 Å². The minimum atomic E-state index is -1.26. The van der Waals surface area contributed by atoms with Crippen LogP contribution in [-0.4, -0.2) is 50.5 Å². The average molecular weight is 384 g/mol. The molecular weight excluding hydrogens is 356 g/mol. The van der Waals surface area contributed by atoms with Crippen LogP contribution in [0, 0.1) is 5.92 Å². The maximum Gasteiger partial charge on any atom is 0.115 e. The number of hydrogen-bond acceptors (Lipinski definition) is 5. The van der Waals surface area contributed by atoms with E-state index < -0.39 is 24.2 Å². The fourth-order valence-electron chi connectivity index (χ4n) is 4.48. The highest BCUT2D eigenvalue weighted by Gasteiger charge is 2.43. The van der Waals surface area contributed by atoms with Crippen molar-refractivity contribution in [1.29, 1.82) is 0 Å². The lowest BCUT2D eigenvalue weighted by Crippen LogP contribution is -2.51. The van der Waals surface area contributed by atoms with Crippen LogP contribution in [0.2, 0.25) is 0 Å². The summed E-state index contributed by atoms with van der Waals surface area (Å²) in [5.41, 5.74) is 4.54. The number of aliphatic hydroxyl groups is 4. The third-order valence-electron chi connectivity index (χ3n) is 6.33. The molecule has 0 spiro atoms. The molecule has 0 aliphatic heterocycles. The number of benzene rings is 2. The van der Waals surface area contributed by atoms with Crippen molar-refractivity contribution in [3.05, 3.63) is 64.7 Å². The van der Waals surface area contributed by atoms with Gasteiger partial charge in [0.15, 0.2) is 0 Å². The molecule has 2 saturated carbocycles. The van der Waals surface area contributed by atoms with Crippen molar-refractivity contribution >= 4 is 0 Å². The number of phenolic OH excluding ortho intramolecular Hbond substituents is 1. The molecular formula is C23H28O5. The van der Waals surface area contributed by atoms with Crippen LogP contribution in [0.25, 0.3) is 0 Å². The fraction of sp³-hybridized carbons (Fsp3) is 0.478. The van der Waals surface area contributed by atoms with Crippen molar-refractivity contribution in [2.45, 2.75) is 55.8 Å². The number of aliphatic hydroxyl groups excluding tert-OH is 4. The predicted octanol–water partition coefficient (Wildman–Crippen LogP) is 2.04. The second kappa shape index (κ2) is 7.84. The molecule has 5 atom stereocenters. The first-order chi connectivity index (χ1) is 13.5. The molecule has 2 fully saturated rings. The van der Waals surface area contributed by atoms with E-state index in [1.54, 1.807) is 12.1 Å². The molecule has 0 amide bonds. The molecule has 0 unspecified atom stereocenters. The summed E-state index contributed by atoms with van der Waals surface area (Å²) in [7, 11) is 0. The van der Waals surface area contributed by atoms with Gasteiger partial charge in [-0.25, -0.2) is 0 Å². The lowest BCUT2D eigenvalue weighted by atomic mass is 9.72. The van der Waals surface area contributed by atoms with Crippen molar-refractivity contribution in [3.8, 4) is 5.75 Å². The van der Waals surface area contributed by atoms with Gasteiger partial charge in [0.25, 0.3) is 0 Å². The van der Waals surface area contributed by atoms with Crippen LogP contribution in [0.3, 0.4) is 0 Å². The Morgan fingerprint density at radius 2 is 1.57 bits per heavy atom. The monoisotopic (exact) mass is 384 g/mol. The summed E-state index contributed by atoms with van der Waals surface area (Å²) in [5, 5.41) is 49.9. The molecule has 28 heavy (non-hydrogen) atoms. The summed E-state index contributed by atoms with van der Waals surface area (Å²) in [4.78, 5) is 0. The highest BCUT2D eigenvalue weighted by molar-refractivity contribution is 5.42. The van der Waals surface area contributed by atoms with Crippen LogP contribution in [0.1, 0.15) is 53.4 Å². The molecule has 0 saturated heterocycles. The van der Waals surface area contributed by atoms with Gasteiger partial charge in [-0.3, -0.25) is 0 Å². The Bertz CT molecular complexity index is 812. The van der Waals surface area contributed by atoms with Crippen molar-refractivity contribution in [1.82, 2.24) is 0 Å². The Morgan fingerprint density at radius 3 is 2.21 bits per heavy atom. The molecule has 5 nitrogen and oxygen atoms in total. The van der Waals surface area contributed by atoms with Gasteiger partial charge in [0.2, 0.25) is 0 Å². The topological polar surface area (TPSA) is 101 Å². The van der Waals surface area contributed by atoms with Gasteiger partial charge in [0, 0.05) is 18.4 Å². The molecule has 0 heterocycles. The van der Waals surface area contributed by atoms with Crippen LogP contribution >= 0.6 is 0 Å². The zero-order chi connectivity index (χ0) is 19.8. The second-order valence-corrected chi connectivity index (χ2v) is 8.33. The summed E-state index contributed by atoms with van der Waals surface area (Å²) in [5.74, 6) is 0.0392. The molecule has 0 radical (unpaired) electrons. The molecule has 0 aromatic heterocycles. The summed E-state index contributed by atoms with van der Waals surface area (Å²) in [6, 6.07) is 13.4. The van der Waals surface area contributed by atoms with Crippen LogP contribution in [0.4, 0.5) is 0 Å². The first kappa shape index (κ1) is 19.4. The van der Waals surface area contributed by atoms with E-state index in [1.807, 2.05) is 18.2 Å². The Labute approximate surface area is 164 Å². The van der Waals surface area contributed by atoms with E-state index in [4.69, 9.17) is 0 Å². The Balaban J connectivity index is 1.65. The maximum atomic E-state index is 10.6. The highest BCUT2D eigenvalue weighted by Crippen LogP contribution is 2.44. The molecule has 5 heteroatoms. The SMILES string of the molecule is OC[C@H]1C[C@@H](c2ccc(C3CC3)c(Cc3ccc(O)cc3)c2)[C@H](O)[C@@H](O)[C@@H]1O. The molecule has 2 aliphatic carbocycles. The van der Waals surface area contributed by atoms with E-state index in [-0.39, 0.29) is 18.3 Å². The van der Waals surface area contributed by atoms with Crippen molar-refractivity contribution < 1.29 is 25.5 Å². The zero-order valence-corrected chi connectivity index (χ0v) is 15.8. The normalized spacial score (nSPS) is 30.4. The van der Waals surface area contributed by atoms with E-state index in [2.05, 4.69) is 12.1 Å². The molecule has 150 valence electrons. The highest BCUT2D eigenvalue weighted by atomic mass is 16.4. The Hall–Kier alpha value is -1.92. The van der Waals surface area contributed by atoms with Crippen molar-refractivity contribution in [2.24, 2.45) is 5.92 Å². The Morgan fingerprint density at radius 1 is 0.857 bits per heavy atom. The third-order valence-corrected chi connectivity index (χ3v) is 6.33. The summed E-state index contributed by atoms with van der Waals surface area (Å²) in [6.45, 7) is -0.220. The zero-order valence-electron chi connectivity index (χ0n) is 15.8. The van der Waals surface area contributed by atoms with E-state index in [0.717, 1.165) is 17.5 Å². The van der Waals surface area contributed by atoms with Gasteiger partial charge in [-0.15, -0.1) is 0 Å². The predicted molar refractivity (Wildman–Crippen MR) is 105 cm³/mol. The summed E-state index contributed by atoms with van der Waals surface area (Å²) in [6.07, 6.45) is 0.0927. The van der Waals surface area contributed by atoms with Crippen LogP contribution < -0.4 is 0 Å². The quantitative estimate of drug-likeness (QED) is 0.543. The number of aromatic hydroxyl groups is 1. The lowest BCUT2D eigenvalue weighted by Gasteiger charge is -2.40. The largest absolute Gasteiger partial charge is 0.508 e. The van der Waals surface area contributed by atoms with Crippen LogP contribution in [-0.2, 0) is 6.42 Å². The minimum absolute atomic E-state index is 0.220. The first-order valence-electron chi connectivity index (χ1n) is 10.0. The van der Waals surface area contributed by atoms with E-state index >= 15 is 0 Å². The fourth-order valence-corrected chi connectivity index (χ4v) is 4.48. The van der Waals surface area contributed by atoms with Gasteiger partial charge in [0.05, 0.1) is 12.2 Å². The lowest BCUT2D eigenvalue weighted by molar-refractivity contribution is -0.127. The van der Waals surface area contributed by atoms with Crippen LogP contribution in [0.15, 0.2) is 42.5 Å². The van der Waals surface area contributed by atoms with Gasteiger partial charge in [-0.1, -0.05) is 30.3 Å². The smallest absolute Gasteiger partial charge is 0.115 e. The minimum Gasteiger partial charge on any atom is -0.508 e. The number of rotatable bonds is 5. The summed E-state index contributed by atoms with van der Waals surface area (Å²) >= 11 is 0. The maximum absolute atomic E-state index is 10.6. The molecule has 0 bridgehead atoms. The molecule has 5 N–H and O–H groups in total.